The van der Waals surface area contributed by atoms with E-state index >= 15 is 0 Å². The summed E-state index contributed by atoms with van der Waals surface area (Å²) in [6, 6.07) is 4.64. The van der Waals surface area contributed by atoms with Gasteiger partial charge in [0.2, 0.25) is 0 Å². The van der Waals surface area contributed by atoms with Gasteiger partial charge in [0, 0.05) is 17.6 Å². The molecule has 0 N–H and O–H groups in total. The Morgan fingerprint density at radius 2 is 2.23 bits per heavy atom. The summed E-state index contributed by atoms with van der Waals surface area (Å²) in [5, 5.41) is 1.23. The maximum absolute atomic E-state index is 4.22. The minimum absolute atomic E-state index is 0.487. The first-order valence-electron chi connectivity index (χ1n) is 4.30. The van der Waals surface area contributed by atoms with Gasteiger partial charge in [-0.25, -0.2) is 4.98 Å². The lowest BCUT2D eigenvalue weighted by atomic mass is 10.3. The SMILES string of the molecule is CC(C)n1ccc2cc(Br)ncc21. The molecule has 0 saturated carbocycles. The zero-order valence-corrected chi connectivity index (χ0v) is 9.25. The molecule has 0 aliphatic rings. The minimum atomic E-state index is 0.487. The van der Waals surface area contributed by atoms with Gasteiger partial charge in [0.1, 0.15) is 4.60 Å². The first kappa shape index (κ1) is 8.75. The highest BCUT2D eigenvalue weighted by molar-refractivity contribution is 9.10. The van der Waals surface area contributed by atoms with E-state index in [1.807, 2.05) is 12.3 Å². The van der Waals surface area contributed by atoms with Crippen molar-refractivity contribution in [2.24, 2.45) is 0 Å². The fourth-order valence-electron chi connectivity index (χ4n) is 1.48. The molecular formula is C10H11BrN2. The van der Waals surface area contributed by atoms with Crippen LogP contribution in [0.1, 0.15) is 19.9 Å². The molecule has 0 atom stereocenters. The zero-order valence-electron chi connectivity index (χ0n) is 7.66. The Labute approximate surface area is 85.7 Å². The van der Waals surface area contributed by atoms with E-state index in [2.05, 4.69) is 51.6 Å². The summed E-state index contributed by atoms with van der Waals surface area (Å²) < 4.78 is 3.11. The van der Waals surface area contributed by atoms with E-state index in [-0.39, 0.29) is 0 Å². The molecule has 68 valence electrons. The average Bonchev–Trinajstić information content (AvgIpc) is 2.46. The zero-order chi connectivity index (χ0) is 9.42. The highest BCUT2D eigenvalue weighted by Crippen LogP contribution is 2.21. The number of aromatic nitrogens is 2. The Kier molecular flexibility index (Phi) is 2.12. The molecule has 0 saturated heterocycles. The molecular weight excluding hydrogens is 228 g/mol. The largest absolute Gasteiger partial charge is 0.344 e. The van der Waals surface area contributed by atoms with E-state index < -0.39 is 0 Å². The van der Waals surface area contributed by atoms with Gasteiger partial charge in [-0.2, -0.15) is 0 Å². The van der Waals surface area contributed by atoms with E-state index in [1.54, 1.807) is 0 Å². The lowest BCUT2D eigenvalue weighted by Crippen LogP contribution is -1.97. The van der Waals surface area contributed by atoms with Gasteiger partial charge in [0.05, 0.1) is 11.7 Å². The van der Waals surface area contributed by atoms with Gasteiger partial charge in [0.15, 0.2) is 0 Å². The van der Waals surface area contributed by atoms with Crippen molar-refractivity contribution >= 4 is 26.8 Å². The summed E-state index contributed by atoms with van der Waals surface area (Å²) in [7, 11) is 0. The van der Waals surface area contributed by atoms with Crippen LogP contribution in [0.2, 0.25) is 0 Å². The second-order valence-corrected chi connectivity index (χ2v) is 4.20. The Bertz CT molecular complexity index is 431. The summed E-state index contributed by atoms with van der Waals surface area (Å²) >= 11 is 3.36. The molecule has 0 fully saturated rings. The molecule has 0 spiro atoms. The maximum Gasteiger partial charge on any atom is 0.106 e. The Balaban J connectivity index is 2.69. The Morgan fingerprint density at radius 1 is 1.46 bits per heavy atom. The van der Waals surface area contributed by atoms with Crippen LogP contribution < -0.4 is 0 Å². The summed E-state index contributed by atoms with van der Waals surface area (Å²) in [5.74, 6) is 0. The lowest BCUT2D eigenvalue weighted by Gasteiger charge is -2.08. The van der Waals surface area contributed by atoms with Crippen molar-refractivity contribution in [3.8, 4) is 0 Å². The highest BCUT2D eigenvalue weighted by Gasteiger charge is 2.03. The van der Waals surface area contributed by atoms with Crippen LogP contribution in [0.25, 0.3) is 10.9 Å². The van der Waals surface area contributed by atoms with E-state index in [1.165, 1.54) is 10.9 Å². The number of hydrogen-bond donors (Lipinski definition) is 0. The third-order valence-corrected chi connectivity index (χ3v) is 2.56. The van der Waals surface area contributed by atoms with Crippen LogP contribution in [-0.2, 0) is 0 Å². The molecule has 2 aromatic heterocycles. The number of fused-ring (bicyclic) bond motifs is 1. The number of hydrogen-bond acceptors (Lipinski definition) is 1. The minimum Gasteiger partial charge on any atom is -0.344 e. The Morgan fingerprint density at radius 3 is 2.92 bits per heavy atom. The van der Waals surface area contributed by atoms with Crippen molar-refractivity contribution in [2.45, 2.75) is 19.9 Å². The van der Waals surface area contributed by atoms with Crippen molar-refractivity contribution in [1.29, 1.82) is 0 Å². The van der Waals surface area contributed by atoms with Crippen LogP contribution in [0.5, 0.6) is 0 Å². The number of rotatable bonds is 1. The number of nitrogens with zero attached hydrogens (tertiary/aromatic N) is 2. The molecule has 2 heterocycles. The summed E-state index contributed by atoms with van der Waals surface area (Å²) in [5.41, 5.74) is 1.19. The molecule has 0 amide bonds. The molecule has 2 aromatic rings. The fraction of sp³-hybridized carbons (Fsp3) is 0.300. The molecule has 13 heavy (non-hydrogen) atoms. The molecule has 0 aromatic carbocycles. The third-order valence-electron chi connectivity index (χ3n) is 2.13. The van der Waals surface area contributed by atoms with E-state index in [9.17, 15) is 0 Å². The molecule has 0 radical (unpaired) electrons. The topological polar surface area (TPSA) is 17.8 Å². The number of pyridine rings is 1. The normalized spacial score (nSPS) is 11.4. The second-order valence-electron chi connectivity index (χ2n) is 3.38. The van der Waals surface area contributed by atoms with E-state index in [0.29, 0.717) is 6.04 Å². The monoisotopic (exact) mass is 238 g/mol. The van der Waals surface area contributed by atoms with Crippen molar-refractivity contribution in [1.82, 2.24) is 9.55 Å². The van der Waals surface area contributed by atoms with E-state index in [4.69, 9.17) is 0 Å². The van der Waals surface area contributed by atoms with Crippen molar-refractivity contribution in [3.05, 3.63) is 29.1 Å². The first-order valence-corrected chi connectivity index (χ1v) is 5.10. The lowest BCUT2D eigenvalue weighted by molar-refractivity contribution is 0.622. The molecule has 0 aliphatic carbocycles. The van der Waals surface area contributed by atoms with Crippen LogP contribution in [0.4, 0.5) is 0 Å². The van der Waals surface area contributed by atoms with Crippen LogP contribution in [0.3, 0.4) is 0 Å². The van der Waals surface area contributed by atoms with Gasteiger partial charge in [0.25, 0.3) is 0 Å². The summed E-state index contributed by atoms with van der Waals surface area (Å²) in [4.78, 5) is 4.22. The highest BCUT2D eigenvalue weighted by atomic mass is 79.9. The molecule has 3 heteroatoms. The Hall–Kier alpha value is -0.830. The second kappa shape index (κ2) is 3.14. The summed E-state index contributed by atoms with van der Waals surface area (Å²) in [6.07, 6.45) is 4.00. The van der Waals surface area contributed by atoms with Crippen molar-refractivity contribution < 1.29 is 0 Å². The van der Waals surface area contributed by atoms with Crippen LogP contribution in [-0.4, -0.2) is 9.55 Å². The van der Waals surface area contributed by atoms with Crippen molar-refractivity contribution in [3.63, 3.8) is 0 Å². The predicted molar refractivity (Wildman–Crippen MR) is 57.8 cm³/mol. The van der Waals surface area contributed by atoms with Crippen LogP contribution in [0, 0.1) is 0 Å². The van der Waals surface area contributed by atoms with Crippen LogP contribution in [0.15, 0.2) is 29.1 Å². The van der Waals surface area contributed by atoms with Gasteiger partial charge in [-0.3, -0.25) is 0 Å². The van der Waals surface area contributed by atoms with Crippen molar-refractivity contribution in [2.75, 3.05) is 0 Å². The molecule has 0 bridgehead atoms. The van der Waals surface area contributed by atoms with Gasteiger partial charge >= 0.3 is 0 Å². The molecule has 0 unspecified atom stereocenters. The molecule has 2 nitrogen and oxygen atoms in total. The third kappa shape index (κ3) is 1.48. The van der Waals surface area contributed by atoms with Crippen LogP contribution >= 0.6 is 15.9 Å². The van der Waals surface area contributed by atoms with Gasteiger partial charge in [-0.05, 0) is 41.9 Å². The fourth-order valence-corrected chi connectivity index (χ4v) is 1.83. The predicted octanol–water partition coefficient (Wildman–Crippen LogP) is 3.38. The summed E-state index contributed by atoms with van der Waals surface area (Å²) in [6.45, 7) is 4.34. The van der Waals surface area contributed by atoms with Gasteiger partial charge in [-0.15, -0.1) is 0 Å². The van der Waals surface area contributed by atoms with E-state index in [0.717, 1.165) is 4.60 Å². The standard InChI is InChI=1S/C10H11BrN2/c1-7(2)13-4-3-8-5-10(11)12-6-9(8)13/h3-7H,1-2H3. The average molecular weight is 239 g/mol. The van der Waals surface area contributed by atoms with Gasteiger partial charge in [-0.1, -0.05) is 0 Å². The van der Waals surface area contributed by atoms with Gasteiger partial charge < -0.3 is 4.57 Å². The smallest absolute Gasteiger partial charge is 0.106 e. The quantitative estimate of drug-likeness (QED) is 0.697. The maximum atomic E-state index is 4.22. The molecule has 0 aliphatic heterocycles. The first-order chi connectivity index (χ1) is 6.18. The molecule has 2 rings (SSSR count). The number of halogens is 1.